The number of Topliss-reactive ketones (excluding diaryl/α,β-unsaturated/α-hetero) is 1. The fourth-order valence-corrected chi connectivity index (χ4v) is 3.89. The molecule has 1 aromatic heterocycles. The predicted molar refractivity (Wildman–Crippen MR) is 110 cm³/mol. The van der Waals surface area contributed by atoms with Gasteiger partial charge in [0.2, 0.25) is 0 Å². The minimum Gasteiger partial charge on any atom is -0.507 e. The number of hydrogen-bond donors (Lipinski definition) is 2. The Kier molecular flexibility index (Phi) is 5.71. The number of carbonyl (C=O) groups excluding carboxylic acids is 2. The number of likely N-dealkylation sites (N-methyl/N-ethyl adjacent to an activating group) is 1. The van der Waals surface area contributed by atoms with Crippen molar-refractivity contribution in [2.75, 3.05) is 27.2 Å². The number of aliphatic hydroxyl groups excluding tert-OH is 1. The molecule has 0 radical (unpaired) electrons. The number of aromatic amines is 1. The first-order valence-corrected chi connectivity index (χ1v) is 9.72. The van der Waals surface area contributed by atoms with E-state index in [1.807, 2.05) is 43.3 Å². The van der Waals surface area contributed by atoms with Gasteiger partial charge >= 0.3 is 0 Å². The Morgan fingerprint density at radius 1 is 1.32 bits per heavy atom. The van der Waals surface area contributed by atoms with Crippen LogP contribution >= 0.6 is 15.9 Å². The van der Waals surface area contributed by atoms with Crippen LogP contribution in [0.25, 0.3) is 5.76 Å². The molecule has 148 valence electrons. The van der Waals surface area contributed by atoms with Crippen molar-refractivity contribution in [1.82, 2.24) is 20.0 Å². The summed E-state index contributed by atoms with van der Waals surface area (Å²) in [5.74, 6) is -1.48. The summed E-state index contributed by atoms with van der Waals surface area (Å²) >= 11 is 3.45. The van der Waals surface area contributed by atoms with E-state index in [1.54, 1.807) is 13.8 Å². The highest BCUT2D eigenvalue weighted by molar-refractivity contribution is 9.10. The van der Waals surface area contributed by atoms with E-state index in [4.69, 9.17) is 0 Å². The first-order chi connectivity index (χ1) is 13.2. The highest BCUT2D eigenvalue weighted by Gasteiger charge is 2.46. The molecule has 1 amide bonds. The molecular weight excluding hydrogens is 424 g/mol. The van der Waals surface area contributed by atoms with Crippen molar-refractivity contribution in [2.24, 2.45) is 0 Å². The average molecular weight is 447 g/mol. The summed E-state index contributed by atoms with van der Waals surface area (Å²) < 4.78 is 0.832. The van der Waals surface area contributed by atoms with Crippen LogP contribution < -0.4 is 0 Å². The maximum atomic E-state index is 12.9. The summed E-state index contributed by atoms with van der Waals surface area (Å²) in [5.41, 5.74) is 2.53. The van der Waals surface area contributed by atoms with Crippen molar-refractivity contribution in [1.29, 1.82) is 0 Å². The minimum atomic E-state index is -0.679. The molecule has 0 spiro atoms. The number of hydrogen-bond acceptors (Lipinski definition) is 5. The molecule has 1 fully saturated rings. The van der Waals surface area contributed by atoms with Crippen LogP contribution in [0.4, 0.5) is 0 Å². The second-order valence-corrected chi connectivity index (χ2v) is 8.08. The summed E-state index contributed by atoms with van der Waals surface area (Å²) in [4.78, 5) is 29.2. The normalized spacial score (nSPS) is 19.1. The fraction of sp³-hybridized carbons (Fsp3) is 0.350. The Labute approximate surface area is 172 Å². The smallest absolute Gasteiger partial charge is 0.295 e. The molecule has 3 rings (SSSR count). The van der Waals surface area contributed by atoms with Gasteiger partial charge in [0.15, 0.2) is 0 Å². The zero-order valence-electron chi connectivity index (χ0n) is 16.3. The zero-order chi connectivity index (χ0) is 20.6. The number of rotatable bonds is 5. The van der Waals surface area contributed by atoms with E-state index in [9.17, 15) is 14.7 Å². The van der Waals surface area contributed by atoms with Crippen LogP contribution in [0, 0.1) is 13.8 Å². The van der Waals surface area contributed by atoms with E-state index in [0.717, 1.165) is 10.0 Å². The van der Waals surface area contributed by atoms with Crippen molar-refractivity contribution in [3.8, 4) is 0 Å². The standard InChI is InChI=1S/C20H23BrN4O3/c1-11-15(12(2)23-22-11)18(26)16-17(13-6-5-7-14(21)10-13)25(9-8-24(3)4)20(28)19(16)27/h5-7,10,17,26H,8-9H2,1-4H3,(H,22,23). The SMILES string of the molecule is Cc1n[nH]c(C)c1C(O)=C1C(=O)C(=O)N(CCN(C)C)C1c1cccc(Br)c1. The summed E-state index contributed by atoms with van der Waals surface area (Å²) in [6.07, 6.45) is 0. The lowest BCUT2D eigenvalue weighted by molar-refractivity contribution is -0.140. The van der Waals surface area contributed by atoms with Crippen LogP contribution in [0.3, 0.4) is 0 Å². The minimum absolute atomic E-state index is 0.0921. The van der Waals surface area contributed by atoms with Crippen LogP contribution in [-0.2, 0) is 9.59 Å². The number of amides is 1. The summed E-state index contributed by atoms with van der Waals surface area (Å²) in [6, 6.07) is 6.78. The van der Waals surface area contributed by atoms with Gasteiger partial charge in [0.1, 0.15) is 5.76 Å². The molecule has 28 heavy (non-hydrogen) atoms. The molecule has 8 heteroatoms. The van der Waals surface area contributed by atoms with Gasteiger partial charge in [-0.3, -0.25) is 14.7 Å². The Morgan fingerprint density at radius 3 is 2.61 bits per heavy atom. The molecule has 1 aliphatic rings. The number of carbonyl (C=O) groups is 2. The molecule has 7 nitrogen and oxygen atoms in total. The quantitative estimate of drug-likeness (QED) is 0.418. The number of nitrogens with one attached hydrogen (secondary N) is 1. The van der Waals surface area contributed by atoms with Gasteiger partial charge in [0.25, 0.3) is 11.7 Å². The fourth-order valence-electron chi connectivity index (χ4n) is 3.48. The van der Waals surface area contributed by atoms with Crippen LogP contribution in [-0.4, -0.2) is 64.0 Å². The lowest BCUT2D eigenvalue weighted by Crippen LogP contribution is -2.35. The molecule has 2 aromatic rings. The van der Waals surface area contributed by atoms with E-state index in [2.05, 4.69) is 26.1 Å². The third-order valence-electron chi connectivity index (χ3n) is 4.86. The third kappa shape index (κ3) is 3.62. The van der Waals surface area contributed by atoms with Gasteiger partial charge in [0.05, 0.1) is 22.9 Å². The summed E-state index contributed by atoms with van der Waals surface area (Å²) in [7, 11) is 3.81. The Morgan fingerprint density at radius 2 is 2.04 bits per heavy atom. The Hall–Kier alpha value is -2.45. The number of nitrogens with zero attached hydrogens (tertiary/aromatic N) is 3. The molecule has 0 bridgehead atoms. The predicted octanol–water partition coefficient (Wildman–Crippen LogP) is 2.77. The number of H-pyrrole nitrogens is 1. The van der Waals surface area contributed by atoms with Gasteiger partial charge in [-0.1, -0.05) is 28.1 Å². The summed E-state index contributed by atoms with van der Waals surface area (Å²) in [6.45, 7) is 4.48. The lowest BCUT2D eigenvalue weighted by atomic mass is 9.95. The maximum Gasteiger partial charge on any atom is 0.295 e. The highest BCUT2D eigenvalue weighted by Crippen LogP contribution is 2.40. The van der Waals surface area contributed by atoms with Gasteiger partial charge in [0, 0.05) is 23.3 Å². The Balaban J connectivity index is 2.20. The van der Waals surface area contributed by atoms with Crippen molar-refractivity contribution >= 4 is 33.4 Å². The van der Waals surface area contributed by atoms with Crippen LogP contribution in [0.5, 0.6) is 0 Å². The molecular formula is C20H23BrN4O3. The summed E-state index contributed by atoms with van der Waals surface area (Å²) in [5, 5.41) is 18.0. The van der Waals surface area contributed by atoms with Crippen molar-refractivity contribution in [3.63, 3.8) is 0 Å². The Bertz CT molecular complexity index is 945. The topological polar surface area (TPSA) is 89.5 Å². The van der Waals surface area contributed by atoms with E-state index in [1.165, 1.54) is 4.90 Å². The number of benzene rings is 1. The lowest BCUT2D eigenvalue weighted by Gasteiger charge is -2.26. The van der Waals surface area contributed by atoms with Crippen LogP contribution in [0.2, 0.25) is 0 Å². The molecule has 2 N–H and O–H groups in total. The molecule has 1 aliphatic heterocycles. The highest BCUT2D eigenvalue weighted by atomic mass is 79.9. The molecule has 0 saturated carbocycles. The van der Waals surface area contributed by atoms with E-state index < -0.39 is 17.7 Å². The van der Waals surface area contributed by atoms with Crippen molar-refractivity contribution in [3.05, 3.63) is 56.8 Å². The van der Waals surface area contributed by atoms with Crippen molar-refractivity contribution in [2.45, 2.75) is 19.9 Å². The monoisotopic (exact) mass is 446 g/mol. The molecule has 1 unspecified atom stereocenters. The largest absolute Gasteiger partial charge is 0.507 e. The third-order valence-corrected chi connectivity index (χ3v) is 5.35. The number of likely N-dealkylation sites (tertiary alicyclic amines) is 1. The van der Waals surface area contributed by atoms with Gasteiger partial charge in [-0.05, 0) is 45.6 Å². The van der Waals surface area contributed by atoms with E-state index >= 15 is 0 Å². The van der Waals surface area contributed by atoms with Crippen LogP contribution in [0.1, 0.15) is 28.6 Å². The van der Waals surface area contributed by atoms with Gasteiger partial charge in [-0.2, -0.15) is 5.10 Å². The van der Waals surface area contributed by atoms with E-state index in [-0.39, 0.29) is 11.3 Å². The second-order valence-electron chi connectivity index (χ2n) is 7.16. The maximum absolute atomic E-state index is 12.9. The molecule has 1 atom stereocenters. The van der Waals surface area contributed by atoms with Gasteiger partial charge in [-0.25, -0.2) is 0 Å². The molecule has 0 aliphatic carbocycles. The van der Waals surface area contributed by atoms with Gasteiger partial charge < -0.3 is 14.9 Å². The number of aliphatic hydroxyl groups is 1. The zero-order valence-corrected chi connectivity index (χ0v) is 17.9. The number of halogens is 1. The number of ketones is 1. The number of aryl methyl sites for hydroxylation is 2. The van der Waals surface area contributed by atoms with E-state index in [0.29, 0.717) is 30.0 Å². The molecule has 2 heterocycles. The second kappa shape index (κ2) is 7.89. The first-order valence-electron chi connectivity index (χ1n) is 8.93. The number of aromatic nitrogens is 2. The molecule has 1 saturated heterocycles. The van der Waals surface area contributed by atoms with Gasteiger partial charge in [-0.15, -0.1) is 0 Å². The van der Waals surface area contributed by atoms with Crippen molar-refractivity contribution < 1.29 is 14.7 Å². The molecule has 1 aromatic carbocycles. The average Bonchev–Trinajstić information content (AvgIpc) is 3.09. The first kappa shape index (κ1) is 20.3. The van der Waals surface area contributed by atoms with Crippen LogP contribution in [0.15, 0.2) is 34.3 Å².